The fourth-order valence-electron chi connectivity index (χ4n) is 5.40. The highest BCUT2D eigenvalue weighted by Gasteiger charge is 2.45. The number of rotatable bonds is 5. The summed E-state index contributed by atoms with van der Waals surface area (Å²) in [6.45, 7) is 7.47. The normalized spacial score (nSPS) is 21.0. The summed E-state index contributed by atoms with van der Waals surface area (Å²) in [7, 11) is -3.72. The van der Waals surface area contributed by atoms with E-state index < -0.39 is 15.9 Å². The standard InChI is InChI=1S/C27H29Br2N3O3S2/c1-18-8-9-24(19(2)14-18)30-10-12-31(13-11-30)27(33)22-17-32(16-21(22)20-6-4-3-5-7-20)37(34,35)25-15-23(28)26(29)36-25/h3-9,14-15,21-22H,10-13,16-17H2,1-2H3/t21-,22+/m0/s1. The lowest BCUT2D eigenvalue weighted by atomic mass is 9.88. The molecule has 0 spiro atoms. The number of hydrogen-bond donors (Lipinski definition) is 0. The summed E-state index contributed by atoms with van der Waals surface area (Å²) in [6.07, 6.45) is 0. The van der Waals surface area contributed by atoms with Crippen molar-refractivity contribution in [1.29, 1.82) is 0 Å². The molecule has 0 saturated carbocycles. The van der Waals surface area contributed by atoms with Gasteiger partial charge < -0.3 is 9.80 Å². The van der Waals surface area contributed by atoms with Gasteiger partial charge in [-0.1, -0.05) is 48.0 Å². The maximum absolute atomic E-state index is 13.9. The molecule has 6 nitrogen and oxygen atoms in total. The van der Waals surface area contributed by atoms with E-state index in [9.17, 15) is 13.2 Å². The van der Waals surface area contributed by atoms with Gasteiger partial charge in [0, 0.05) is 55.3 Å². The van der Waals surface area contributed by atoms with Crippen LogP contribution in [-0.2, 0) is 14.8 Å². The average molecular weight is 667 g/mol. The molecule has 3 aromatic rings. The maximum atomic E-state index is 13.9. The number of carbonyl (C=O) groups is 1. The Hall–Kier alpha value is -1.72. The second kappa shape index (κ2) is 10.8. The van der Waals surface area contributed by atoms with Crippen molar-refractivity contribution in [3.05, 3.63) is 79.5 Å². The number of aryl methyl sites for hydroxylation is 2. The minimum absolute atomic E-state index is 0.0420. The van der Waals surface area contributed by atoms with Gasteiger partial charge in [0.15, 0.2) is 0 Å². The molecule has 196 valence electrons. The van der Waals surface area contributed by atoms with E-state index >= 15 is 0 Å². The maximum Gasteiger partial charge on any atom is 0.252 e. The number of amides is 1. The molecule has 2 atom stereocenters. The highest BCUT2D eigenvalue weighted by molar-refractivity contribution is 9.13. The monoisotopic (exact) mass is 665 g/mol. The second-order valence-corrected chi connectivity index (χ2v) is 15.1. The number of nitrogens with zero attached hydrogens (tertiary/aromatic N) is 3. The van der Waals surface area contributed by atoms with Crippen LogP contribution in [0.3, 0.4) is 0 Å². The topological polar surface area (TPSA) is 60.9 Å². The SMILES string of the molecule is Cc1ccc(N2CCN(C(=O)[C@@H]3CN(S(=O)(=O)c4cc(Br)c(Br)s4)C[C@H]3c3ccccc3)CC2)c(C)c1. The van der Waals surface area contributed by atoms with Crippen LogP contribution in [0.4, 0.5) is 5.69 Å². The molecule has 0 unspecified atom stereocenters. The Morgan fingerprint density at radius 2 is 1.65 bits per heavy atom. The van der Waals surface area contributed by atoms with Crippen molar-refractivity contribution in [2.24, 2.45) is 5.92 Å². The van der Waals surface area contributed by atoms with Gasteiger partial charge in [-0.05, 0) is 69.0 Å². The predicted octanol–water partition coefficient (Wildman–Crippen LogP) is 5.64. The Morgan fingerprint density at radius 3 is 2.27 bits per heavy atom. The van der Waals surface area contributed by atoms with Crippen molar-refractivity contribution in [3.8, 4) is 0 Å². The van der Waals surface area contributed by atoms with Gasteiger partial charge in [0.05, 0.1) is 9.70 Å². The number of sulfonamides is 1. The predicted molar refractivity (Wildman–Crippen MR) is 156 cm³/mol. The number of halogens is 2. The first-order chi connectivity index (χ1) is 17.6. The molecule has 1 aromatic heterocycles. The Kier molecular flexibility index (Phi) is 7.85. The number of carbonyl (C=O) groups excluding carboxylic acids is 1. The zero-order valence-electron chi connectivity index (χ0n) is 20.7. The second-order valence-electron chi connectivity index (χ2n) is 9.74. The van der Waals surface area contributed by atoms with Gasteiger partial charge in [0.2, 0.25) is 5.91 Å². The van der Waals surface area contributed by atoms with Crippen molar-refractivity contribution in [2.45, 2.75) is 24.0 Å². The summed E-state index contributed by atoms with van der Waals surface area (Å²) >= 11 is 7.99. The summed E-state index contributed by atoms with van der Waals surface area (Å²) in [5.41, 5.74) is 4.70. The summed E-state index contributed by atoms with van der Waals surface area (Å²) in [6, 6.07) is 17.9. The number of hydrogen-bond acceptors (Lipinski definition) is 5. The zero-order valence-corrected chi connectivity index (χ0v) is 25.5. The fourth-order valence-corrected chi connectivity index (χ4v) is 9.86. The average Bonchev–Trinajstić information content (AvgIpc) is 3.49. The van der Waals surface area contributed by atoms with Gasteiger partial charge in [0.1, 0.15) is 4.21 Å². The molecule has 2 saturated heterocycles. The Bertz CT molecular complexity index is 1380. The van der Waals surface area contributed by atoms with Crippen molar-refractivity contribution >= 4 is 64.8 Å². The number of anilines is 1. The minimum Gasteiger partial charge on any atom is -0.368 e. The van der Waals surface area contributed by atoms with Crippen molar-refractivity contribution < 1.29 is 13.2 Å². The zero-order chi connectivity index (χ0) is 26.3. The molecule has 2 aromatic carbocycles. The first kappa shape index (κ1) is 26.9. The van der Waals surface area contributed by atoms with Gasteiger partial charge in [-0.25, -0.2) is 8.42 Å². The van der Waals surface area contributed by atoms with Gasteiger partial charge in [-0.15, -0.1) is 11.3 Å². The van der Waals surface area contributed by atoms with Gasteiger partial charge in [-0.3, -0.25) is 4.79 Å². The van der Waals surface area contributed by atoms with Crippen LogP contribution in [0.25, 0.3) is 0 Å². The van der Waals surface area contributed by atoms with Crippen LogP contribution in [0.15, 0.2) is 67.1 Å². The molecular formula is C27H29Br2N3O3S2. The van der Waals surface area contributed by atoms with Crippen LogP contribution in [0.2, 0.25) is 0 Å². The minimum atomic E-state index is -3.72. The molecule has 2 aliphatic heterocycles. The van der Waals surface area contributed by atoms with Crippen molar-refractivity contribution in [2.75, 3.05) is 44.2 Å². The number of piperazine rings is 1. The van der Waals surface area contributed by atoms with Crippen LogP contribution < -0.4 is 4.90 Å². The van der Waals surface area contributed by atoms with Crippen LogP contribution in [-0.4, -0.2) is 62.8 Å². The summed E-state index contributed by atoms with van der Waals surface area (Å²) in [5.74, 6) is -0.565. The van der Waals surface area contributed by atoms with E-state index in [2.05, 4.69) is 68.8 Å². The molecule has 2 fully saturated rings. The highest BCUT2D eigenvalue weighted by atomic mass is 79.9. The summed E-state index contributed by atoms with van der Waals surface area (Å²) < 4.78 is 30.3. The van der Waals surface area contributed by atoms with Gasteiger partial charge in [0.25, 0.3) is 10.0 Å². The van der Waals surface area contributed by atoms with E-state index in [1.54, 1.807) is 6.07 Å². The van der Waals surface area contributed by atoms with E-state index in [4.69, 9.17) is 0 Å². The molecule has 37 heavy (non-hydrogen) atoms. The Morgan fingerprint density at radius 1 is 0.946 bits per heavy atom. The molecule has 10 heteroatoms. The molecule has 2 aliphatic rings. The molecule has 0 bridgehead atoms. The number of benzene rings is 2. The molecule has 5 rings (SSSR count). The van der Waals surface area contributed by atoms with E-state index in [0.717, 1.165) is 22.4 Å². The fraction of sp³-hybridized carbons (Fsp3) is 0.370. The van der Waals surface area contributed by atoms with E-state index in [0.29, 0.717) is 24.1 Å². The van der Waals surface area contributed by atoms with Crippen LogP contribution >= 0.6 is 43.2 Å². The van der Waals surface area contributed by atoms with Gasteiger partial charge in [-0.2, -0.15) is 4.31 Å². The van der Waals surface area contributed by atoms with E-state index in [1.807, 2.05) is 35.2 Å². The molecule has 1 amide bonds. The third-order valence-corrected chi connectivity index (χ3v) is 12.9. The van der Waals surface area contributed by atoms with E-state index in [1.165, 1.54) is 32.5 Å². The van der Waals surface area contributed by atoms with Crippen LogP contribution in [0, 0.1) is 19.8 Å². The third-order valence-electron chi connectivity index (χ3n) is 7.33. The lowest BCUT2D eigenvalue weighted by Crippen LogP contribution is -2.51. The molecule has 0 aliphatic carbocycles. The van der Waals surface area contributed by atoms with Crippen molar-refractivity contribution in [3.63, 3.8) is 0 Å². The lowest BCUT2D eigenvalue weighted by Gasteiger charge is -2.38. The third kappa shape index (κ3) is 5.41. The first-order valence-corrected chi connectivity index (χ1v) is 16.1. The quantitative estimate of drug-likeness (QED) is 0.354. The first-order valence-electron chi connectivity index (χ1n) is 12.3. The summed E-state index contributed by atoms with van der Waals surface area (Å²) in [5, 5.41) is 0. The van der Waals surface area contributed by atoms with Crippen molar-refractivity contribution in [1.82, 2.24) is 9.21 Å². The Balaban J connectivity index is 1.36. The lowest BCUT2D eigenvalue weighted by molar-refractivity contribution is -0.135. The van der Waals surface area contributed by atoms with Crippen LogP contribution in [0.5, 0.6) is 0 Å². The molecule has 3 heterocycles. The van der Waals surface area contributed by atoms with Crippen LogP contribution in [0.1, 0.15) is 22.6 Å². The smallest absolute Gasteiger partial charge is 0.252 e. The molecule has 0 N–H and O–H groups in total. The summed E-state index contributed by atoms with van der Waals surface area (Å²) in [4.78, 5) is 18.1. The largest absolute Gasteiger partial charge is 0.368 e. The Labute approximate surface area is 239 Å². The number of thiophene rings is 1. The molecular weight excluding hydrogens is 638 g/mol. The van der Waals surface area contributed by atoms with Gasteiger partial charge >= 0.3 is 0 Å². The molecule has 0 radical (unpaired) electrons. The van der Waals surface area contributed by atoms with E-state index in [-0.39, 0.29) is 22.6 Å². The highest BCUT2D eigenvalue weighted by Crippen LogP contribution is 2.41.